The summed E-state index contributed by atoms with van der Waals surface area (Å²) in [6, 6.07) is 2.22. The summed E-state index contributed by atoms with van der Waals surface area (Å²) in [6.07, 6.45) is 5.40. The van der Waals surface area contributed by atoms with Gasteiger partial charge in [0.25, 0.3) is 5.91 Å². The van der Waals surface area contributed by atoms with Gasteiger partial charge < -0.3 is 10.0 Å². The van der Waals surface area contributed by atoms with Gasteiger partial charge in [-0.1, -0.05) is 0 Å². The molecule has 1 amide bonds. The summed E-state index contributed by atoms with van der Waals surface area (Å²) in [5.74, 6) is -0.0310. The fourth-order valence-corrected chi connectivity index (χ4v) is 2.84. The molecule has 110 valence electrons. The zero-order valence-electron chi connectivity index (χ0n) is 12.3. The Hall–Kier alpha value is -1.36. The van der Waals surface area contributed by atoms with Crippen molar-refractivity contribution >= 4 is 5.91 Å². The second-order valence-corrected chi connectivity index (χ2v) is 6.68. The van der Waals surface area contributed by atoms with Crippen LogP contribution in [0.5, 0.6) is 0 Å². The summed E-state index contributed by atoms with van der Waals surface area (Å²) in [6.45, 7) is 4.78. The van der Waals surface area contributed by atoms with Crippen molar-refractivity contribution in [1.29, 1.82) is 0 Å². The maximum absolute atomic E-state index is 12.7. The third kappa shape index (κ3) is 2.87. The number of rotatable bonds is 4. The zero-order chi connectivity index (χ0) is 14.3. The first-order chi connectivity index (χ1) is 9.44. The minimum atomic E-state index is -0.863. The molecule has 2 aliphatic rings. The smallest absolute Gasteiger partial charge is 0.274 e. The van der Waals surface area contributed by atoms with Gasteiger partial charge in [0.2, 0.25) is 0 Å². The van der Waals surface area contributed by atoms with E-state index in [4.69, 9.17) is 0 Å². The Morgan fingerprint density at radius 3 is 2.85 bits per heavy atom. The van der Waals surface area contributed by atoms with Crippen molar-refractivity contribution in [2.45, 2.75) is 64.1 Å². The van der Waals surface area contributed by atoms with Crippen LogP contribution in [0, 0.1) is 0 Å². The van der Waals surface area contributed by atoms with Crippen molar-refractivity contribution in [2.24, 2.45) is 0 Å². The van der Waals surface area contributed by atoms with Crippen molar-refractivity contribution in [3.63, 3.8) is 0 Å². The van der Waals surface area contributed by atoms with E-state index in [9.17, 15) is 9.90 Å². The number of aromatic nitrogens is 2. The van der Waals surface area contributed by atoms with E-state index >= 15 is 0 Å². The topological polar surface area (TPSA) is 58.4 Å². The molecule has 0 bridgehead atoms. The Balaban J connectivity index is 1.80. The largest absolute Gasteiger partial charge is 0.389 e. The third-order valence-corrected chi connectivity index (χ3v) is 3.94. The lowest BCUT2D eigenvalue weighted by Gasteiger charge is -2.28. The molecule has 0 spiro atoms. The van der Waals surface area contributed by atoms with Crippen LogP contribution in [0.15, 0.2) is 6.07 Å². The summed E-state index contributed by atoms with van der Waals surface area (Å²) in [5, 5.41) is 14.5. The van der Waals surface area contributed by atoms with Crippen LogP contribution in [0.1, 0.15) is 55.7 Å². The highest BCUT2D eigenvalue weighted by Gasteiger charge is 2.37. The van der Waals surface area contributed by atoms with Crippen LogP contribution in [0.4, 0.5) is 0 Å². The summed E-state index contributed by atoms with van der Waals surface area (Å²) in [5.41, 5.74) is 0.842. The van der Waals surface area contributed by atoms with E-state index in [2.05, 4.69) is 5.10 Å². The summed E-state index contributed by atoms with van der Waals surface area (Å²) in [7, 11) is 0. The molecular formula is C15H23N3O2. The first kappa shape index (κ1) is 13.6. The number of fused-ring (bicyclic) bond motifs is 1. The molecule has 0 unspecified atom stereocenters. The highest BCUT2D eigenvalue weighted by atomic mass is 16.3. The summed E-state index contributed by atoms with van der Waals surface area (Å²) < 4.78 is 1.96. The monoisotopic (exact) mass is 277 g/mol. The van der Waals surface area contributed by atoms with E-state index < -0.39 is 5.60 Å². The molecule has 1 saturated carbocycles. The third-order valence-electron chi connectivity index (χ3n) is 3.94. The van der Waals surface area contributed by atoms with Gasteiger partial charge in [0, 0.05) is 24.8 Å². The Kier molecular flexibility index (Phi) is 3.32. The number of carbonyl (C=O) groups excluding carboxylic acids is 1. The molecule has 0 aromatic carbocycles. The highest BCUT2D eigenvalue weighted by molar-refractivity contribution is 5.93. The molecule has 0 atom stereocenters. The van der Waals surface area contributed by atoms with Crippen molar-refractivity contribution in [1.82, 2.24) is 14.7 Å². The molecule has 1 aromatic heterocycles. The molecule has 2 heterocycles. The lowest BCUT2D eigenvalue weighted by Crippen LogP contribution is -2.43. The minimum absolute atomic E-state index is 0.0310. The number of hydrogen-bond acceptors (Lipinski definition) is 3. The summed E-state index contributed by atoms with van der Waals surface area (Å²) >= 11 is 0. The minimum Gasteiger partial charge on any atom is -0.389 e. The van der Waals surface area contributed by atoms with E-state index in [0.717, 1.165) is 32.2 Å². The Labute approximate surface area is 119 Å². The molecule has 1 aliphatic heterocycles. The SMILES string of the molecule is CC(C)(O)CN(C(=O)c1cc2n(n1)CCCC2)C1CC1. The Bertz CT molecular complexity index is 488. The van der Waals surface area contributed by atoms with Gasteiger partial charge in [0.05, 0.1) is 5.60 Å². The Morgan fingerprint density at radius 1 is 1.50 bits per heavy atom. The first-order valence-corrected chi connectivity index (χ1v) is 7.54. The van der Waals surface area contributed by atoms with Crippen LogP contribution in [0.3, 0.4) is 0 Å². The second kappa shape index (κ2) is 4.88. The van der Waals surface area contributed by atoms with Crippen molar-refractivity contribution in [3.05, 3.63) is 17.5 Å². The quantitative estimate of drug-likeness (QED) is 0.909. The van der Waals surface area contributed by atoms with Gasteiger partial charge in [-0.05, 0) is 52.0 Å². The standard InChI is InChI=1S/C15H23N3O2/c1-15(2,20)10-17(11-6-7-11)14(19)13-9-12-5-3-4-8-18(12)16-13/h9,11,20H,3-8,10H2,1-2H3. The van der Waals surface area contributed by atoms with E-state index in [0.29, 0.717) is 12.2 Å². The van der Waals surface area contributed by atoms with Gasteiger partial charge in [-0.3, -0.25) is 9.48 Å². The molecule has 1 aliphatic carbocycles. The first-order valence-electron chi connectivity index (χ1n) is 7.54. The lowest BCUT2D eigenvalue weighted by atomic mass is 10.1. The maximum atomic E-state index is 12.7. The van der Waals surface area contributed by atoms with Crippen LogP contribution >= 0.6 is 0 Å². The normalized spacial score (nSPS) is 18.8. The van der Waals surface area contributed by atoms with Gasteiger partial charge in [-0.2, -0.15) is 5.10 Å². The molecule has 1 aromatic rings. The molecule has 1 N–H and O–H groups in total. The Morgan fingerprint density at radius 2 is 2.25 bits per heavy atom. The fraction of sp³-hybridized carbons (Fsp3) is 0.733. The molecule has 5 heteroatoms. The maximum Gasteiger partial charge on any atom is 0.274 e. The molecule has 1 fully saturated rings. The van der Waals surface area contributed by atoms with Crippen LogP contribution in [0.25, 0.3) is 0 Å². The van der Waals surface area contributed by atoms with Crippen LogP contribution in [0.2, 0.25) is 0 Å². The highest BCUT2D eigenvalue weighted by Crippen LogP contribution is 2.30. The van der Waals surface area contributed by atoms with Gasteiger partial charge in [-0.25, -0.2) is 0 Å². The number of aryl methyl sites for hydroxylation is 2. The van der Waals surface area contributed by atoms with E-state index in [1.807, 2.05) is 10.7 Å². The van der Waals surface area contributed by atoms with Gasteiger partial charge in [0.15, 0.2) is 5.69 Å². The van der Waals surface area contributed by atoms with Crippen molar-refractivity contribution < 1.29 is 9.90 Å². The number of nitrogens with zero attached hydrogens (tertiary/aromatic N) is 3. The average Bonchev–Trinajstić information content (AvgIpc) is 3.12. The molecule has 0 saturated heterocycles. The fourth-order valence-electron chi connectivity index (χ4n) is 2.84. The predicted octanol–water partition coefficient (Wildman–Crippen LogP) is 1.59. The van der Waals surface area contributed by atoms with E-state index in [1.54, 1.807) is 18.7 Å². The molecule has 0 radical (unpaired) electrons. The lowest BCUT2D eigenvalue weighted by molar-refractivity contribution is 0.0275. The van der Waals surface area contributed by atoms with Crippen LogP contribution < -0.4 is 0 Å². The molecule has 3 rings (SSSR count). The molecule has 20 heavy (non-hydrogen) atoms. The summed E-state index contributed by atoms with van der Waals surface area (Å²) in [4.78, 5) is 14.5. The van der Waals surface area contributed by atoms with Crippen molar-refractivity contribution in [2.75, 3.05) is 6.54 Å². The van der Waals surface area contributed by atoms with E-state index in [1.165, 1.54) is 12.1 Å². The average molecular weight is 277 g/mol. The van der Waals surface area contributed by atoms with Crippen molar-refractivity contribution in [3.8, 4) is 0 Å². The number of carbonyl (C=O) groups is 1. The number of hydrogen-bond donors (Lipinski definition) is 1. The number of aliphatic hydroxyl groups is 1. The van der Waals surface area contributed by atoms with Gasteiger partial charge >= 0.3 is 0 Å². The van der Waals surface area contributed by atoms with Gasteiger partial charge in [-0.15, -0.1) is 0 Å². The van der Waals surface area contributed by atoms with Crippen LogP contribution in [-0.2, 0) is 13.0 Å². The van der Waals surface area contributed by atoms with E-state index in [-0.39, 0.29) is 11.9 Å². The van der Waals surface area contributed by atoms with Gasteiger partial charge in [0.1, 0.15) is 0 Å². The molecular weight excluding hydrogens is 254 g/mol. The number of amides is 1. The molecule has 5 nitrogen and oxygen atoms in total. The zero-order valence-corrected chi connectivity index (χ0v) is 12.3. The second-order valence-electron chi connectivity index (χ2n) is 6.68. The van der Waals surface area contributed by atoms with Crippen LogP contribution in [-0.4, -0.2) is 43.9 Å². The predicted molar refractivity (Wildman–Crippen MR) is 75.5 cm³/mol.